The number of nitrogens with zero attached hydrogens (tertiary/aromatic N) is 1. The first kappa shape index (κ1) is 12.5. The van der Waals surface area contributed by atoms with Crippen molar-refractivity contribution in [2.24, 2.45) is 5.73 Å². The van der Waals surface area contributed by atoms with E-state index in [4.69, 9.17) is 5.73 Å². The monoisotopic (exact) mass is 262 g/mol. The quantitative estimate of drug-likeness (QED) is 0.738. The smallest absolute Gasteiger partial charge is 0.186 e. The van der Waals surface area contributed by atoms with Crippen molar-refractivity contribution in [1.29, 1.82) is 0 Å². The minimum absolute atomic E-state index is 0.111. The highest BCUT2D eigenvalue weighted by molar-refractivity contribution is 6.09. The first-order valence-electron chi connectivity index (χ1n) is 6.46. The van der Waals surface area contributed by atoms with E-state index in [0.717, 1.165) is 10.9 Å². The lowest BCUT2D eigenvalue weighted by Crippen LogP contribution is -2.21. The number of nitrogens with two attached hydrogens (primary N) is 1. The normalized spacial score (nSPS) is 12.2. The van der Waals surface area contributed by atoms with Crippen LogP contribution in [0.15, 0.2) is 66.9 Å². The Balaban J connectivity index is 2.05. The molecule has 3 aromatic rings. The molecule has 0 radical (unpaired) electrons. The Morgan fingerprint density at radius 2 is 1.70 bits per heavy atom. The largest absolute Gasteiger partial charge is 0.318 e. The molecule has 2 N–H and O–H groups in total. The number of Topliss-reactive ketones (excluding diaryl/α,β-unsaturated/α-hetero) is 1. The van der Waals surface area contributed by atoms with E-state index in [2.05, 4.69) is 4.98 Å². The van der Waals surface area contributed by atoms with Crippen LogP contribution in [0.4, 0.5) is 0 Å². The summed E-state index contributed by atoms with van der Waals surface area (Å²) in [4.78, 5) is 16.9. The van der Waals surface area contributed by atoms with Crippen molar-refractivity contribution in [3.05, 3.63) is 78.0 Å². The van der Waals surface area contributed by atoms with Gasteiger partial charge in [-0.15, -0.1) is 0 Å². The molecule has 0 amide bonds. The van der Waals surface area contributed by atoms with Crippen molar-refractivity contribution in [1.82, 2.24) is 4.98 Å². The first-order valence-corrected chi connectivity index (χ1v) is 6.46. The summed E-state index contributed by atoms with van der Waals surface area (Å²) in [6.07, 6.45) is 1.69. The van der Waals surface area contributed by atoms with Crippen LogP contribution in [0.25, 0.3) is 10.9 Å². The number of hydrogen-bond donors (Lipinski definition) is 1. The van der Waals surface area contributed by atoms with E-state index in [1.54, 1.807) is 12.3 Å². The molecule has 3 rings (SSSR count). The number of fused-ring (bicyclic) bond motifs is 1. The second kappa shape index (κ2) is 5.23. The van der Waals surface area contributed by atoms with Crippen molar-refractivity contribution in [3.8, 4) is 0 Å². The molecule has 0 aliphatic carbocycles. The van der Waals surface area contributed by atoms with Crippen LogP contribution in [0.1, 0.15) is 22.0 Å². The number of rotatable bonds is 3. The molecule has 2 aromatic carbocycles. The average molecular weight is 262 g/mol. The van der Waals surface area contributed by atoms with Crippen LogP contribution in [0.2, 0.25) is 0 Å². The molecule has 0 fully saturated rings. The zero-order valence-corrected chi connectivity index (χ0v) is 10.9. The zero-order chi connectivity index (χ0) is 13.9. The number of aromatic nitrogens is 1. The molecule has 1 aromatic heterocycles. The number of pyridine rings is 1. The van der Waals surface area contributed by atoms with Crippen molar-refractivity contribution >= 4 is 16.7 Å². The van der Waals surface area contributed by atoms with E-state index in [1.807, 2.05) is 54.6 Å². The summed E-state index contributed by atoms with van der Waals surface area (Å²) in [7, 11) is 0. The lowest BCUT2D eigenvalue weighted by molar-refractivity contribution is 0.0963. The Labute approximate surface area is 117 Å². The molecule has 0 saturated carbocycles. The van der Waals surface area contributed by atoms with Gasteiger partial charge < -0.3 is 5.73 Å². The molecular weight excluding hydrogens is 248 g/mol. The highest BCUT2D eigenvalue weighted by Crippen LogP contribution is 2.21. The maximum Gasteiger partial charge on any atom is 0.186 e. The molecule has 0 aliphatic heterocycles. The zero-order valence-electron chi connectivity index (χ0n) is 10.9. The van der Waals surface area contributed by atoms with E-state index in [0.29, 0.717) is 11.1 Å². The summed E-state index contributed by atoms with van der Waals surface area (Å²) in [5.41, 5.74) is 8.16. The summed E-state index contributed by atoms with van der Waals surface area (Å²) in [6.45, 7) is 0. The maximum atomic E-state index is 12.6. The van der Waals surface area contributed by atoms with Gasteiger partial charge in [0, 0.05) is 17.1 Å². The van der Waals surface area contributed by atoms with Gasteiger partial charge in [0.25, 0.3) is 0 Å². The molecule has 0 saturated heterocycles. The Morgan fingerprint density at radius 1 is 0.950 bits per heavy atom. The second-order valence-corrected chi connectivity index (χ2v) is 4.63. The van der Waals surface area contributed by atoms with Gasteiger partial charge in [0.1, 0.15) is 0 Å². The highest BCUT2D eigenvalue weighted by atomic mass is 16.1. The maximum absolute atomic E-state index is 12.6. The SMILES string of the molecule is N[C@@H](C(=O)c1cccc2cccnc12)c1ccccc1. The molecule has 20 heavy (non-hydrogen) atoms. The van der Waals surface area contributed by atoms with Gasteiger partial charge in [-0.25, -0.2) is 0 Å². The summed E-state index contributed by atoms with van der Waals surface area (Å²) in [5.74, 6) is -0.111. The molecule has 98 valence electrons. The van der Waals surface area contributed by atoms with Gasteiger partial charge in [0.2, 0.25) is 0 Å². The third-order valence-electron chi connectivity index (χ3n) is 3.34. The molecule has 3 nitrogen and oxygen atoms in total. The van der Waals surface area contributed by atoms with Gasteiger partial charge in [-0.1, -0.05) is 48.5 Å². The summed E-state index contributed by atoms with van der Waals surface area (Å²) in [5, 5.41) is 0.943. The third kappa shape index (κ3) is 2.19. The minimum atomic E-state index is -0.663. The number of carbonyl (C=O) groups excluding carboxylic acids is 1. The van der Waals surface area contributed by atoms with Crippen LogP contribution in [0.5, 0.6) is 0 Å². The Kier molecular flexibility index (Phi) is 3.27. The predicted molar refractivity (Wildman–Crippen MR) is 79.4 cm³/mol. The fourth-order valence-corrected chi connectivity index (χ4v) is 2.28. The number of para-hydroxylation sites is 1. The molecule has 0 spiro atoms. The van der Waals surface area contributed by atoms with Gasteiger partial charge >= 0.3 is 0 Å². The van der Waals surface area contributed by atoms with Crippen LogP contribution in [-0.2, 0) is 0 Å². The van der Waals surface area contributed by atoms with Gasteiger partial charge in [-0.3, -0.25) is 9.78 Å². The topological polar surface area (TPSA) is 56.0 Å². The lowest BCUT2D eigenvalue weighted by atomic mass is 9.96. The van der Waals surface area contributed by atoms with Crippen molar-refractivity contribution in [2.45, 2.75) is 6.04 Å². The highest BCUT2D eigenvalue weighted by Gasteiger charge is 2.19. The van der Waals surface area contributed by atoms with E-state index in [1.165, 1.54) is 0 Å². The number of benzene rings is 2. The molecular formula is C17H14N2O. The van der Waals surface area contributed by atoms with E-state index >= 15 is 0 Å². The fraction of sp³-hybridized carbons (Fsp3) is 0.0588. The molecule has 0 unspecified atom stereocenters. The molecule has 0 aliphatic rings. The van der Waals surface area contributed by atoms with Gasteiger partial charge in [-0.05, 0) is 17.7 Å². The Hall–Kier alpha value is -2.52. The number of hydrogen-bond acceptors (Lipinski definition) is 3. The van der Waals surface area contributed by atoms with Crippen LogP contribution in [0.3, 0.4) is 0 Å². The van der Waals surface area contributed by atoms with E-state index in [9.17, 15) is 4.79 Å². The van der Waals surface area contributed by atoms with Crippen molar-refractivity contribution in [3.63, 3.8) is 0 Å². The Morgan fingerprint density at radius 3 is 2.50 bits per heavy atom. The third-order valence-corrected chi connectivity index (χ3v) is 3.34. The Bertz CT molecular complexity index is 748. The minimum Gasteiger partial charge on any atom is -0.318 e. The number of ketones is 1. The molecule has 0 bridgehead atoms. The van der Waals surface area contributed by atoms with Crippen LogP contribution in [-0.4, -0.2) is 10.8 Å². The number of carbonyl (C=O) groups is 1. The molecule has 1 atom stereocenters. The summed E-state index contributed by atoms with van der Waals surface area (Å²) in [6, 6.07) is 18.1. The van der Waals surface area contributed by atoms with Crippen LogP contribution >= 0.6 is 0 Å². The van der Waals surface area contributed by atoms with Gasteiger partial charge in [0.15, 0.2) is 5.78 Å². The lowest BCUT2D eigenvalue weighted by Gasteiger charge is -2.12. The van der Waals surface area contributed by atoms with Crippen molar-refractivity contribution < 1.29 is 4.79 Å². The molecule has 1 heterocycles. The van der Waals surface area contributed by atoms with E-state index in [-0.39, 0.29) is 5.78 Å². The average Bonchev–Trinajstić information content (AvgIpc) is 2.54. The predicted octanol–water partition coefficient (Wildman–Crippen LogP) is 3.12. The van der Waals surface area contributed by atoms with Gasteiger partial charge in [-0.2, -0.15) is 0 Å². The summed E-state index contributed by atoms with van der Waals surface area (Å²) >= 11 is 0. The second-order valence-electron chi connectivity index (χ2n) is 4.63. The summed E-state index contributed by atoms with van der Waals surface area (Å²) < 4.78 is 0. The van der Waals surface area contributed by atoms with E-state index < -0.39 is 6.04 Å². The first-order chi connectivity index (χ1) is 9.77. The van der Waals surface area contributed by atoms with Crippen LogP contribution in [0, 0.1) is 0 Å². The van der Waals surface area contributed by atoms with Crippen molar-refractivity contribution in [2.75, 3.05) is 0 Å². The van der Waals surface area contributed by atoms with Gasteiger partial charge in [0.05, 0.1) is 11.6 Å². The standard InChI is InChI=1S/C17H14N2O/c18-15(12-6-2-1-3-7-12)17(20)14-10-4-8-13-9-5-11-19-16(13)14/h1-11,15H,18H2/t15-/m1/s1. The van der Waals surface area contributed by atoms with Crippen LogP contribution < -0.4 is 5.73 Å². The fourth-order valence-electron chi connectivity index (χ4n) is 2.28. The molecule has 3 heteroatoms.